The molecule has 5 rings (SSSR count). The lowest BCUT2D eigenvalue weighted by molar-refractivity contribution is -0.116. The number of fused-ring (bicyclic) bond motifs is 1. The van der Waals surface area contributed by atoms with Crippen molar-refractivity contribution in [3.8, 4) is 11.4 Å². The van der Waals surface area contributed by atoms with Crippen molar-refractivity contribution >= 4 is 29.3 Å². The zero-order chi connectivity index (χ0) is 25.1. The number of benzene rings is 3. The number of ether oxygens (including phenoxy) is 1. The molecule has 2 heterocycles. The van der Waals surface area contributed by atoms with Crippen molar-refractivity contribution < 1.29 is 14.3 Å². The van der Waals surface area contributed by atoms with Crippen molar-refractivity contribution in [2.24, 2.45) is 0 Å². The Morgan fingerprint density at radius 2 is 1.72 bits per heavy atom. The highest BCUT2D eigenvalue weighted by molar-refractivity contribution is 8.00. The average Bonchev–Trinajstić information content (AvgIpc) is 3.36. The lowest BCUT2D eigenvalue weighted by Gasteiger charge is -2.33. The van der Waals surface area contributed by atoms with Crippen molar-refractivity contribution in [2.45, 2.75) is 29.8 Å². The largest absolute Gasteiger partial charge is 0.465 e. The van der Waals surface area contributed by atoms with Crippen molar-refractivity contribution in [3.05, 3.63) is 95.6 Å². The molecule has 4 aromatic rings. The molecule has 8 nitrogen and oxygen atoms in total. The Labute approximate surface area is 213 Å². The highest BCUT2D eigenvalue weighted by Crippen LogP contribution is 2.39. The zero-order valence-electron chi connectivity index (χ0n) is 19.8. The maximum Gasteiger partial charge on any atom is 0.337 e. The molecule has 182 valence electrons. The molecule has 1 amide bonds. The number of aryl methyl sites for hydroxylation is 1. The Morgan fingerprint density at radius 1 is 1.00 bits per heavy atom. The van der Waals surface area contributed by atoms with Crippen molar-refractivity contribution in [1.29, 1.82) is 0 Å². The lowest BCUT2D eigenvalue weighted by Crippen LogP contribution is -2.41. The first kappa shape index (κ1) is 23.6. The normalized spacial score (nSPS) is 16.5. The third-order valence-electron chi connectivity index (χ3n) is 6.07. The predicted octanol–water partition coefficient (Wildman–Crippen LogP) is 4.69. The standard InChI is InChI=1S/C27H25N5O3S/c1-3-17-9-7-8-12-21(17)28-25(33)23-22(18-13-15-20(16-14-18)26(34)35-2)31-32-24(29-30-27(32)36-23)19-10-5-4-6-11-19/h4-16,22-23,31H,3H2,1-2H3,(H,28,33)/t22-,23+/m1/s1. The highest BCUT2D eigenvalue weighted by atomic mass is 32.2. The summed E-state index contributed by atoms with van der Waals surface area (Å²) in [6, 6.07) is 24.2. The molecule has 1 aliphatic heterocycles. The number of para-hydroxylation sites is 1. The fourth-order valence-corrected chi connectivity index (χ4v) is 5.26. The minimum absolute atomic E-state index is 0.147. The van der Waals surface area contributed by atoms with E-state index in [1.165, 1.54) is 18.9 Å². The average molecular weight is 500 g/mol. The van der Waals surface area contributed by atoms with Crippen LogP contribution >= 0.6 is 11.8 Å². The number of anilines is 1. The Balaban J connectivity index is 1.51. The van der Waals surface area contributed by atoms with E-state index in [1.807, 2.05) is 71.4 Å². The van der Waals surface area contributed by atoms with Crippen LogP contribution in [-0.4, -0.2) is 39.1 Å². The number of rotatable bonds is 6. The van der Waals surface area contributed by atoms with Crippen molar-refractivity contribution in [3.63, 3.8) is 0 Å². The Hall–Kier alpha value is -4.11. The third-order valence-corrected chi connectivity index (χ3v) is 7.29. The van der Waals surface area contributed by atoms with Crippen LogP contribution in [0, 0.1) is 0 Å². The number of thioether (sulfide) groups is 1. The Bertz CT molecular complexity index is 1390. The van der Waals surface area contributed by atoms with Gasteiger partial charge < -0.3 is 15.5 Å². The first-order valence-electron chi connectivity index (χ1n) is 11.6. The molecule has 0 unspecified atom stereocenters. The number of hydrogen-bond donors (Lipinski definition) is 2. The van der Waals surface area contributed by atoms with Crippen LogP contribution in [0.5, 0.6) is 0 Å². The fraction of sp³-hybridized carbons (Fsp3) is 0.185. The summed E-state index contributed by atoms with van der Waals surface area (Å²) in [4.78, 5) is 25.6. The van der Waals surface area contributed by atoms with E-state index in [9.17, 15) is 9.59 Å². The number of amides is 1. The van der Waals surface area contributed by atoms with Crippen molar-refractivity contribution in [1.82, 2.24) is 14.9 Å². The summed E-state index contributed by atoms with van der Waals surface area (Å²) < 4.78 is 6.65. The topological polar surface area (TPSA) is 98.1 Å². The molecule has 0 bridgehead atoms. The van der Waals surface area contributed by atoms with Crippen molar-refractivity contribution in [2.75, 3.05) is 17.9 Å². The van der Waals surface area contributed by atoms with Gasteiger partial charge in [0, 0.05) is 11.3 Å². The second-order valence-electron chi connectivity index (χ2n) is 8.27. The van der Waals surface area contributed by atoms with E-state index in [-0.39, 0.29) is 5.91 Å². The Kier molecular flexibility index (Phi) is 6.73. The van der Waals surface area contributed by atoms with Crippen LogP contribution < -0.4 is 10.7 Å². The van der Waals surface area contributed by atoms with Gasteiger partial charge in [0.2, 0.25) is 11.1 Å². The smallest absolute Gasteiger partial charge is 0.337 e. The molecule has 0 saturated heterocycles. The van der Waals surface area contributed by atoms with Gasteiger partial charge in [-0.3, -0.25) is 4.79 Å². The van der Waals surface area contributed by atoms with E-state index >= 15 is 0 Å². The van der Waals surface area contributed by atoms with Gasteiger partial charge in [-0.25, -0.2) is 9.47 Å². The molecule has 0 radical (unpaired) electrons. The van der Waals surface area contributed by atoms with Gasteiger partial charge in [0.05, 0.1) is 18.7 Å². The second kappa shape index (κ2) is 10.2. The van der Waals surface area contributed by atoms with Crippen LogP contribution in [0.4, 0.5) is 5.69 Å². The van der Waals surface area contributed by atoms with Crippen LogP contribution in [0.2, 0.25) is 0 Å². The second-order valence-corrected chi connectivity index (χ2v) is 9.38. The summed E-state index contributed by atoms with van der Waals surface area (Å²) in [7, 11) is 1.35. The quantitative estimate of drug-likeness (QED) is 0.371. The molecule has 9 heteroatoms. The first-order valence-corrected chi connectivity index (χ1v) is 12.5. The van der Waals surface area contributed by atoms with Gasteiger partial charge in [0.1, 0.15) is 5.25 Å². The van der Waals surface area contributed by atoms with Gasteiger partial charge in [0.15, 0.2) is 5.82 Å². The molecule has 1 aliphatic rings. The summed E-state index contributed by atoms with van der Waals surface area (Å²) in [6.07, 6.45) is 0.805. The fourth-order valence-electron chi connectivity index (χ4n) is 4.18. The van der Waals surface area contributed by atoms with Gasteiger partial charge >= 0.3 is 5.97 Å². The third kappa shape index (κ3) is 4.57. The van der Waals surface area contributed by atoms with E-state index in [2.05, 4.69) is 27.9 Å². The molecule has 0 saturated carbocycles. The maximum absolute atomic E-state index is 13.6. The number of methoxy groups -OCH3 is 1. The number of carbonyl (C=O) groups is 2. The van der Waals surface area contributed by atoms with Crippen LogP contribution in [0.1, 0.15) is 34.5 Å². The first-order chi connectivity index (χ1) is 17.6. The van der Waals surface area contributed by atoms with Crippen LogP contribution in [0.3, 0.4) is 0 Å². The Morgan fingerprint density at radius 3 is 2.44 bits per heavy atom. The van der Waals surface area contributed by atoms with Crippen LogP contribution in [-0.2, 0) is 16.0 Å². The summed E-state index contributed by atoms with van der Waals surface area (Å²) in [5.74, 6) is 0.0980. The monoisotopic (exact) mass is 499 g/mol. The highest BCUT2D eigenvalue weighted by Gasteiger charge is 2.38. The van der Waals surface area contributed by atoms with Gasteiger partial charge in [-0.05, 0) is 35.7 Å². The van der Waals surface area contributed by atoms with E-state index < -0.39 is 17.3 Å². The summed E-state index contributed by atoms with van der Waals surface area (Å²) in [5.41, 5.74) is 7.51. The molecular weight excluding hydrogens is 474 g/mol. The van der Waals surface area contributed by atoms with E-state index in [0.29, 0.717) is 16.5 Å². The van der Waals surface area contributed by atoms with E-state index in [4.69, 9.17) is 4.74 Å². The molecule has 0 aliphatic carbocycles. The minimum atomic E-state index is -0.542. The molecule has 36 heavy (non-hydrogen) atoms. The van der Waals surface area contributed by atoms with Gasteiger partial charge in [-0.15, -0.1) is 10.2 Å². The molecule has 1 aromatic heterocycles. The maximum atomic E-state index is 13.6. The number of carbonyl (C=O) groups excluding carboxylic acids is 2. The molecule has 2 N–H and O–H groups in total. The van der Waals surface area contributed by atoms with Gasteiger partial charge in [-0.1, -0.05) is 79.3 Å². The number of aromatic nitrogens is 3. The molecule has 2 atom stereocenters. The summed E-state index contributed by atoms with van der Waals surface area (Å²) in [5, 5.41) is 11.9. The van der Waals surface area contributed by atoms with E-state index in [0.717, 1.165) is 28.8 Å². The minimum Gasteiger partial charge on any atom is -0.465 e. The lowest BCUT2D eigenvalue weighted by atomic mass is 10.0. The number of esters is 1. The van der Waals surface area contributed by atoms with E-state index in [1.54, 1.807) is 12.1 Å². The van der Waals surface area contributed by atoms with Crippen LogP contribution in [0.25, 0.3) is 11.4 Å². The predicted molar refractivity (Wildman–Crippen MR) is 139 cm³/mol. The number of nitrogens with one attached hydrogen (secondary N) is 2. The molecule has 0 fully saturated rings. The van der Waals surface area contributed by atoms with Gasteiger partial charge in [0.25, 0.3) is 0 Å². The number of nitrogens with zero attached hydrogens (tertiary/aromatic N) is 3. The van der Waals surface area contributed by atoms with Gasteiger partial charge in [-0.2, -0.15) is 0 Å². The van der Waals surface area contributed by atoms with Crippen LogP contribution in [0.15, 0.2) is 84.0 Å². The molecule has 0 spiro atoms. The SMILES string of the molecule is CCc1ccccc1NC(=O)[C@H]1Sc2nnc(-c3ccccc3)n2N[C@@H]1c1ccc(C(=O)OC)cc1. The number of hydrogen-bond acceptors (Lipinski definition) is 7. The zero-order valence-corrected chi connectivity index (χ0v) is 20.7. The molecular formula is C27H25N5O3S. The molecule has 3 aromatic carbocycles. The summed E-state index contributed by atoms with van der Waals surface area (Å²) >= 11 is 1.35. The summed E-state index contributed by atoms with van der Waals surface area (Å²) in [6.45, 7) is 2.06.